The van der Waals surface area contributed by atoms with Crippen LogP contribution in [0.25, 0.3) is 0 Å². The van der Waals surface area contributed by atoms with Gasteiger partial charge in [-0.2, -0.15) is 0 Å². The highest BCUT2D eigenvalue weighted by molar-refractivity contribution is 5.71. The molecule has 6 heteroatoms. The van der Waals surface area contributed by atoms with Gasteiger partial charge in [0.1, 0.15) is 13.2 Å². The van der Waals surface area contributed by atoms with Crippen LogP contribution in [0.1, 0.15) is 310 Å². The molecule has 0 rings (SSSR count). The Kier molecular flexibility index (Phi) is 62.3. The van der Waals surface area contributed by atoms with Crippen LogP contribution in [-0.2, 0) is 28.6 Å². The minimum absolute atomic E-state index is 0.0849. The normalized spacial score (nSPS) is 12.8. The molecule has 0 aliphatic rings. The highest BCUT2D eigenvalue weighted by Crippen LogP contribution is 2.17. The SMILES string of the molecule is CC/C=C\C/C=C\C/C=C\C/C=C\C/C=C\C/C=C\C/C=C\C/C=C\C/C=C\CCCCCC(=O)OCC(COC(=O)CCCCCCCCCCCCCC)OC(=O)CCCCCCCCCCCCCCCCCCC. The van der Waals surface area contributed by atoms with Crippen LogP contribution in [-0.4, -0.2) is 37.2 Å². The minimum atomic E-state index is -0.790. The summed E-state index contributed by atoms with van der Waals surface area (Å²) < 4.78 is 16.9. The molecule has 0 aliphatic heterocycles. The number of allylic oxidation sites excluding steroid dienone is 18. The van der Waals surface area contributed by atoms with Gasteiger partial charge in [-0.15, -0.1) is 0 Å². The van der Waals surface area contributed by atoms with Crippen LogP contribution in [0.3, 0.4) is 0 Å². The fourth-order valence-electron chi connectivity index (χ4n) is 9.14. The van der Waals surface area contributed by atoms with Gasteiger partial charge in [0.05, 0.1) is 0 Å². The van der Waals surface area contributed by atoms with E-state index < -0.39 is 6.10 Å². The Labute approximate surface area is 482 Å². The summed E-state index contributed by atoms with van der Waals surface area (Å²) >= 11 is 0. The van der Waals surface area contributed by atoms with E-state index >= 15 is 0 Å². The fraction of sp³-hybridized carbons (Fsp3) is 0.708. The molecule has 78 heavy (non-hydrogen) atoms. The van der Waals surface area contributed by atoms with Crippen molar-refractivity contribution in [1.82, 2.24) is 0 Å². The molecule has 0 heterocycles. The standard InChI is InChI=1S/C72H122O6/c1-4-7-10-13-16-19-22-25-27-29-30-31-32-33-34-35-36-37-38-39-40-41-42-44-45-47-50-53-56-59-62-65-71(74)77-68-69(67-76-70(73)64-61-58-55-52-49-24-21-18-15-12-9-6-3)78-72(75)66-63-60-57-54-51-48-46-43-28-26-23-20-17-14-11-8-5-2/h7,10,16,19,25,27,30-31,33-34,36-37,39-40,42,44,47,50,69H,4-6,8-9,11-15,17-18,20-24,26,28-29,32,35,38,41,43,45-46,48-49,51-68H2,1-3H3/b10-7-,19-16-,27-25-,31-30-,34-33-,37-36-,40-39-,44-42-,50-47-. The molecule has 0 saturated heterocycles. The van der Waals surface area contributed by atoms with Gasteiger partial charge in [0.25, 0.3) is 0 Å². The second-order valence-electron chi connectivity index (χ2n) is 21.7. The van der Waals surface area contributed by atoms with Gasteiger partial charge >= 0.3 is 17.9 Å². The summed E-state index contributed by atoms with van der Waals surface area (Å²) in [4.78, 5) is 38.3. The summed E-state index contributed by atoms with van der Waals surface area (Å²) in [6, 6.07) is 0. The van der Waals surface area contributed by atoms with Crippen molar-refractivity contribution in [2.75, 3.05) is 13.2 Å². The fourth-order valence-corrected chi connectivity index (χ4v) is 9.14. The zero-order valence-electron chi connectivity index (χ0n) is 51.2. The van der Waals surface area contributed by atoms with Gasteiger partial charge in [-0.1, -0.05) is 310 Å². The molecule has 0 spiro atoms. The Hall–Kier alpha value is -3.93. The average molecular weight is 1080 g/mol. The Balaban J connectivity index is 4.34. The second-order valence-corrected chi connectivity index (χ2v) is 21.7. The lowest BCUT2D eigenvalue weighted by atomic mass is 10.0. The van der Waals surface area contributed by atoms with Gasteiger partial charge in [-0.05, 0) is 89.9 Å². The number of unbranched alkanes of at least 4 members (excludes halogenated alkanes) is 30. The predicted molar refractivity (Wildman–Crippen MR) is 339 cm³/mol. The molecule has 1 atom stereocenters. The number of hydrogen-bond acceptors (Lipinski definition) is 6. The van der Waals surface area contributed by atoms with E-state index in [1.54, 1.807) is 0 Å². The van der Waals surface area contributed by atoms with E-state index in [0.29, 0.717) is 19.3 Å². The van der Waals surface area contributed by atoms with E-state index in [9.17, 15) is 14.4 Å². The van der Waals surface area contributed by atoms with Crippen LogP contribution in [0.15, 0.2) is 109 Å². The first-order valence-corrected chi connectivity index (χ1v) is 32.9. The topological polar surface area (TPSA) is 78.9 Å². The molecule has 0 aliphatic carbocycles. The minimum Gasteiger partial charge on any atom is -0.462 e. The highest BCUT2D eigenvalue weighted by Gasteiger charge is 2.19. The summed E-state index contributed by atoms with van der Waals surface area (Å²) in [6.07, 6.45) is 89.6. The maximum absolute atomic E-state index is 12.9. The first-order chi connectivity index (χ1) is 38.5. The zero-order chi connectivity index (χ0) is 56.4. The van der Waals surface area contributed by atoms with E-state index in [0.717, 1.165) is 122 Å². The van der Waals surface area contributed by atoms with Crippen LogP contribution in [0.2, 0.25) is 0 Å². The summed E-state index contributed by atoms with van der Waals surface area (Å²) in [5.74, 6) is -0.908. The first kappa shape index (κ1) is 74.1. The number of rotatable bonds is 59. The molecular formula is C72H122O6. The third-order valence-corrected chi connectivity index (χ3v) is 14.0. The van der Waals surface area contributed by atoms with Crippen LogP contribution in [0, 0.1) is 0 Å². The molecule has 0 amide bonds. The smallest absolute Gasteiger partial charge is 0.306 e. The van der Waals surface area contributed by atoms with Crippen molar-refractivity contribution in [1.29, 1.82) is 0 Å². The molecule has 0 aromatic rings. The van der Waals surface area contributed by atoms with Crippen molar-refractivity contribution in [3.8, 4) is 0 Å². The number of ether oxygens (including phenoxy) is 3. The summed E-state index contributed by atoms with van der Waals surface area (Å²) in [5, 5.41) is 0. The number of esters is 3. The molecular weight excluding hydrogens is 961 g/mol. The maximum Gasteiger partial charge on any atom is 0.306 e. The number of hydrogen-bond donors (Lipinski definition) is 0. The molecule has 0 aromatic heterocycles. The molecule has 1 unspecified atom stereocenters. The molecule has 0 fully saturated rings. The Morgan fingerprint density at radius 2 is 0.500 bits per heavy atom. The van der Waals surface area contributed by atoms with Crippen LogP contribution < -0.4 is 0 Å². The lowest BCUT2D eigenvalue weighted by molar-refractivity contribution is -0.167. The van der Waals surface area contributed by atoms with Gasteiger partial charge in [0, 0.05) is 19.3 Å². The van der Waals surface area contributed by atoms with Crippen LogP contribution in [0.4, 0.5) is 0 Å². The van der Waals surface area contributed by atoms with Crippen LogP contribution in [0.5, 0.6) is 0 Å². The van der Waals surface area contributed by atoms with Gasteiger partial charge < -0.3 is 14.2 Å². The molecule has 0 aromatic carbocycles. The highest BCUT2D eigenvalue weighted by atomic mass is 16.6. The molecule has 6 nitrogen and oxygen atoms in total. The Bertz CT molecular complexity index is 1570. The molecule has 0 N–H and O–H groups in total. The largest absolute Gasteiger partial charge is 0.462 e. The molecule has 0 bridgehead atoms. The van der Waals surface area contributed by atoms with Crippen molar-refractivity contribution in [3.05, 3.63) is 109 Å². The lowest BCUT2D eigenvalue weighted by Gasteiger charge is -2.18. The van der Waals surface area contributed by atoms with Gasteiger partial charge in [-0.3, -0.25) is 14.4 Å². The Morgan fingerprint density at radius 1 is 0.269 bits per heavy atom. The van der Waals surface area contributed by atoms with E-state index in [-0.39, 0.29) is 31.1 Å². The zero-order valence-corrected chi connectivity index (χ0v) is 51.2. The van der Waals surface area contributed by atoms with E-state index in [4.69, 9.17) is 14.2 Å². The third-order valence-electron chi connectivity index (χ3n) is 14.0. The van der Waals surface area contributed by atoms with Gasteiger partial charge in [-0.25, -0.2) is 0 Å². The predicted octanol–water partition coefficient (Wildman–Crippen LogP) is 22.6. The summed E-state index contributed by atoms with van der Waals surface area (Å²) in [7, 11) is 0. The maximum atomic E-state index is 12.9. The number of carbonyl (C=O) groups excluding carboxylic acids is 3. The van der Waals surface area contributed by atoms with Crippen molar-refractivity contribution < 1.29 is 28.6 Å². The average Bonchev–Trinajstić information content (AvgIpc) is 3.44. The summed E-state index contributed by atoms with van der Waals surface area (Å²) in [5.41, 5.74) is 0. The van der Waals surface area contributed by atoms with E-state index in [2.05, 4.69) is 130 Å². The third kappa shape index (κ3) is 62.9. The van der Waals surface area contributed by atoms with E-state index in [1.165, 1.54) is 148 Å². The monoisotopic (exact) mass is 1080 g/mol. The number of carbonyl (C=O) groups is 3. The van der Waals surface area contributed by atoms with Gasteiger partial charge in [0.2, 0.25) is 0 Å². The Morgan fingerprint density at radius 3 is 0.782 bits per heavy atom. The van der Waals surface area contributed by atoms with Crippen LogP contribution >= 0.6 is 0 Å². The van der Waals surface area contributed by atoms with Crippen molar-refractivity contribution >= 4 is 17.9 Å². The van der Waals surface area contributed by atoms with E-state index in [1.807, 2.05) is 0 Å². The van der Waals surface area contributed by atoms with Crippen molar-refractivity contribution in [3.63, 3.8) is 0 Å². The summed E-state index contributed by atoms with van der Waals surface area (Å²) in [6.45, 7) is 6.52. The second kappa shape index (κ2) is 65.6. The van der Waals surface area contributed by atoms with Crippen molar-refractivity contribution in [2.24, 2.45) is 0 Å². The first-order valence-electron chi connectivity index (χ1n) is 32.9. The quantitative estimate of drug-likeness (QED) is 0.0261. The lowest BCUT2D eigenvalue weighted by Crippen LogP contribution is -2.30. The van der Waals surface area contributed by atoms with Crippen molar-refractivity contribution in [2.45, 2.75) is 316 Å². The molecule has 0 saturated carbocycles. The van der Waals surface area contributed by atoms with Gasteiger partial charge in [0.15, 0.2) is 6.10 Å². The molecule has 0 radical (unpaired) electrons. The molecule has 446 valence electrons.